The number of benzene rings is 1. The van der Waals surface area contributed by atoms with Crippen molar-refractivity contribution < 1.29 is 4.42 Å². The maximum absolute atomic E-state index is 6.02. The average Bonchev–Trinajstić information content (AvgIpc) is 3.24. The summed E-state index contributed by atoms with van der Waals surface area (Å²) in [5.74, 6) is 1.04. The van der Waals surface area contributed by atoms with Crippen LogP contribution in [0.3, 0.4) is 0 Å². The van der Waals surface area contributed by atoms with Crippen LogP contribution < -0.4 is 4.90 Å². The number of hydrogen-bond acceptors (Lipinski definition) is 5. The van der Waals surface area contributed by atoms with E-state index in [-0.39, 0.29) is 0 Å². The molecule has 0 radical (unpaired) electrons. The van der Waals surface area contributed by atoms with Gasteiger partial charge in [-0.05, 0) is 49.4 Å². The highest BCUT2D eigenvalue weighted by Gasteiger charge is 2.25. The summed E-state index contributed by atoms with van der Waals surface area (Å²) in [5, 5.41) is 16.2. The van der Waals surface area contributed by atoms with Gasteiger partial charge in [-0.25, -0.2) is 0 Å². The second kappa shape index (κ2) is 6.28. The van der Waals surface area contributed by atoms with E-state index in [0.29, 0.717) is 22.8 Å². The summed E-state index contributed by atoms with van der Waals surface area (Å²) in [6, 6.07) is 8.02. The number of aromatic nitrogens is 4. The van der Waals surface area contributed by atoms with Gasteiger partial charge >= 0.3 is 6.01 Å². The van der Waals surface area contributed by atoms with E-state index in [1.807, 2.05) is 30.5 Å². The lowest BCUT2D eigenvalue weighted by molar-refractivity contribution is 0.461. The normalized spacial score (nSPS) is 15.8. The van der Waals surface area contributed by atoms with E-state index in [1.54, 1.807) is 0 Å². The smallest absolute Gasteiger partial charge is 0.318 e. The fourth-order valence-electron chi connectivity index (χ4n) is 3.23. The predicted molar refractivity (Wildman–Crippen MR) is 92.3 cm³/mol. The lowest BCUT2D eigenvalue weighted by atomic mass is 9.90. The van der Waals surface area contributed by atoms with Gasteiger partial charge in [0, 0.05) is 29.4 Å². The van der Waals surface area contributed by atoms with E-state index in [1.165, 1.54) is 5.56 Å². The van der Waals surface area contributed by atoms with Gasteiger partial charge in [-0.3, -0.25) is 5.10 Å². The molecule has 24 heavy (non-hydrogen) atoms. The molecule has 0 bridgehead atoms. The minimum absolute atomic E-state index is 0.500. The van der Waals surface area contributed by atoms with Gasteiger partial charge in [-0.15, -0.1) is 5.10 Å². The molecule has 3 aromatic rings. The summed E-state index contributed by atoms with van der Waals surface area (Å²) in [6.45, 7) is 3.86. The van der Waals surface area contributed by atoms with Gasteiger partial charge < -0.3 is 9.32 Å². The Morgan fingerprint density at radius 1 is 1.25 bits per heavy atom. The Morgan fingerprint density at radius 2 is 2.08 bits per heavy atom. The van der Waals surface area contributed by atoms with Crippen molar-refractivity contribution in [2.24, 2.45) is 0 Å². The molecule has 1 saturated heterocycles. The van der Waals surface area contributed by atoms with E-state index < -0.39 is 0 Å². The molecule has 6 nitrogen and oxygen atoms in total. The summed E-state index contributed by atoms with van der Waals surface area (Å²) in [6.07, 6.45) is 4.05. The van der Waals surface area contributed by atoms with E-state index in [2.05, 4.69) is 32.2 Å². The first-order valence-corrected chi connectivity index (χ1v) is 8.43. The molecular formula is C17H18ClN5O. The van der Waals surface area contributed by atoms with Crippen molar-refractivity contribution in [2.45, 2.75) is 25.7 Å². The number of piperidine rings is 1. The van der Waals surface area contributed by atoms with Gasteiger partial charge in [0.25, 0.3) is 0 Å². The number of halogens is 1. The van der Waals surface area contributed by atoms with E-state index >= 15 is 0 Å². The van der Waals surface area contributed by atoms with Crippen LogP contribution in [0.2, 0.25) is 5.02 Å². The molecule has 3 heterocycles. The van der Waals surface area contributed by atoms with E-state index in [9.17, 15) is 0 Å². The molecule has 7 heteroatoms. The molecule has 0 amide bonds. The third-order valence-corrected chi connectivity index (χ3v) is 4.80. The van der Waals surface area contributed by atoms with Gasteiger partial charge in [0.05, 0.1) is 6.20 Å². The highest BCUT2D eigenvalue weighted by Crippen LogP contribution is 2.32. The number of aryl methyl sites for hydroxylation is 1. The zero-order chi connectivity index (χ0) is 16.5. The van der Waals surface area contributed by atoms with E-state index in [0.717, 1.165) is 37.2 Å². The van der Waals surface area contributed by atoms with E-state index in [4.69, 9.17) is 16.0 Å². The van der Waals surface area contributed by atoms with Crippen LogP contribution in [0.4, 0.5) is 6.01 Å². The van der Waals surface area contributed by atoms with Crippen LogP contribution in [0.1, 0.15) is 30.0 Å². The van der Waals surface area contributed by atoms with Crippen LogP contribution in [0.5, 0.6) is 0 Å². The molecule has 0 atom stereocenters. The fraction of sp³-hybridized carbons (Fsp3) is 0.353. The standard InChI is InChI=1S/C17H18ClN5O/c1-11-15(10-19-20-11)12-5-7-23(8-6-12)17-22-21-16(24-17)13-3-2-4-14(18)9-13/h2-4,9-10,12H,5-8H2,1H3,(H,19,20). The number of nitrogens with zero attached hydrogens (tertiary/aromatic N) is 4. The molecule has 1 aliphatic rings. The Hall–Kier alpha value is -2.34. The summed E-state index contributed by atoms with van der Waals surface area (Å²) < 4.78 is 5.84. The second-order valence-electron chi connectivity index (χ2n) is 6.11. The molecule has 124 valence electrons. The molecule has 0 saturated carbocycles. The van der Waals surface area contributed by atoms with Gasteiger partial charge in [-0.1, -0.05) is 22.8 Å². The molecular weight excluding hydrogens is 326 g/mol. The lowest BCUT2D eigenvalue weighted by Gasteiger charge is -2.30. The van der Waals surface area contributed by atoms with Crippen LogP contribution in [-0.2, 0) is 0 Å². The lowest BCUT2D eigenvalue weighted by Crippen LogP contribution is -2.33. The molecule has 0 aliphatic carbocycles. The van der Waals surface area contributed by atoms with Crippen molar-refractivity contribution in [1.82, 2.24) is 20.4 Å². The largest absolute Gasteiger partial charge is 0.403 e. The van der Waals surface area contributed by atoms with Crippen LogP contribution in [-0.4, -0.2) is 33.5 Å². The van der Waals surface area contributed by atoms with Gasteiger partial charge in [-0.2, -0.15) is 5.10 Å². The Balaban J connectivity index is 1.46. The Kier molecular flexibility index (Phi) is 3.98. The van der Waals surface area contributed by atoms with Crippen LogP contribution in [0.15, 0.2) is 34.9 Å². The molecule has 1 aliphatic heterocycles. The van der Waals surface area contributed by atoms with Gasteiger partial charge in [0.1, 0.15) is 0 Å². The summed E-state index contributed by atoms with van der Waals surface area (Å²) in [4.78, 5) is 2.15. The van der Waals surface area contributed by atoms with Gasteiger partial charge in [0.15, 0.2) is 0 Å². The van der Waals surface area contributed by atoms with Crippen LogP contribution in [0, 0.1) is 6.92 Å². The van der Waals surface area contributed by atoms with Crippen molar-refractivity contribution in [3.63, 3.8) is 0 Å². The summed E-state index contributed by atoms with van der Waals surface area (Å²) in [5.41, 5.74) is 3.32. The van der Waals surface area contributed by atoms with Crippen molar-refractivity contribution >= 4 is 17.6 Å². The van der Waals surface area contributed by atoms with Crippen molar-refractivity contribution in [3.8, 4) is 11.5 Å². The van der Waals surface area contributed by atoms with Crippen LogP contribution in [0.25, 0.3) is 11.5 Å². The number of rotatable bonds is 3. The molecule has 2 aromatic heterocycles. The zero-order valence-electron chi connectivity index (χ0n) is 13.4. The second-order valence-corrected chi connectivity index (χ2v) is 6.55. The summed E-state index contributed by atoms with van der Waals surface area (Å²) in [7, 11) is 0. The molecule has 4 rings (SSSR count). The first-order valence-electron chi connectivity index (χ1n) is 8.05. The zero-order valence-corrected chi connectivity index (χ0v) is 14.1. The number of aromatic amines is 1. The minimum atomic E-state index is 0.500. The first-order chi connectivity index (χ1) is 11.7. The highest BCUT2D eigenvalue weighted by atomic mass is 35.5. The maximum atomic E-state index is 6.02. The van der Waals surface area contributed by atoms with Crippen LogP contribution >= 0.6 is 11.6 Å². The van der Waals surface area contributed by atoms with Crippen molar-refractivity contribution in [2.75, 3.05) is 18.0 Å². The average molecular weight is 344 g/mol. The fourth-order valence-corrected chi connectivity index (χ4v) is 3.43. The molecule has 0 spiro atoms. The highest BCUT2D eigenvalue weighted by molar-refractivity contribution is 6.30. The molecule has 1 aromatic carbocycles. The van der Waals surface area contributed by atoms with Crippen molar-refractivity contribution in [1.29, 1.82) is 0 Å². The molecule has 1 N–H and O–H groups in total. The predicted octanol–water partition coefficient (Wildman–Crippen LogP) is 3.81. The molecule has 1 fully saturated rings. The maximum Gasteiger partial charge on any atom is 0.318 e. The summed E-state index contributed by atoms with van der Waals surface area (Å²) >= 11 is 6.02. The Labute approximate surface area is 144 Å². The third-order valence-electron chi connectivity index (χ3n) is 4.56. The Morgan fingerprint density at radius 3 is 2.79 bits per heavy atom. The first kappa shape index (κ1) is 15.2. The SMILES string of the molecule is Cc1[nH]ncc1C1CCN(c2nnc(-c3cccc(Cl)c3)o2)CC1. The molecule has 0 unspecified atom stereocenters. The number of H-pyrrole nitrogens is 1. The number of nitrogens with one attached hydrogen (secondary N) is 1. The van der Waals surface area contributed by atoms with Crippen molar-refractivity contribution in [3.05, 3.63) is 46.7 Å². The van der Waals surface area contributed by atoms with Gasteiger partial charge in [0.2, 0.25) is 5.89 Å². The topological polar surface area (TPSA) is 70.8 Å². The number of anilines is 1. The quantitative estimate of drug-likeness (QED) is 0.783. The monoisotopic (exact) mass is 343 g/mol. The minimum Gasteiger partial charge on any atom is -0.403 e. The number of hydrogen-bond donors (Lipinski definition) is 1. The Bertz CT molecular complexity index is 835. The third kappa shape index (κ3) is 2.89.